The minimum atomic E-state index is 0.505. The van der Waals surface area contributed by atoms with Gasteiger partial charge in [-0.15, -0.1) is 0 Å². The van der Waals surface area contributed by atoms with Crippen molar-refractivity contribution in [2.75, 3.05) is 0 Å². The summed E-state index contributed by atoms with van der Waals surface area (Å²) in [5, 5.41) is 0. The molecule has 16 heavy (non-hydrogen) atoms. The summed E-state index contributed by atoms with van der Waals surface area (Å²) in [5.74, 6) is 0.505. The maximum atomic E-state index is 4.14. The molecule has 3 aliphatic carbocycles. The van der Waals surface area contributed by atoms with Crippen LogP contribution < -0.4 is 0 Å². The smallest absolute Gasteiger partial charge is 0.0000642 e. The quantitative estimate of drug-likeness (QED) is 0.558. The first-order chi connectivity index (χ1) is 7.72. The van der Waals surface area contributed by atoms with Crippen molar-refractivity contribution in [1.29, 1.82) is 0 Å². The molecule has 1 unspecified atom stereocenters. The molecule has 0 N–H and O–H groups in total. The van der Waals surface area contributed by atoms with Gasteiger partial charge in [0.05, 0.1) is 0 Å². The summed E-state index contributed by atoms with van der Waals surface area (Å²) in [6.07, 6.45) is 14.9. The Balaban J connectivity index is 2.12. The molecule has 0 saturated carbocycles. The van der Waals surface area contributed by atoms with E-state index in [1.54, 1.807) is 0 Å². The van der Waals surface area contributed by atoms with Crippen LogP contribution in [0.2, 0.25) is 0 Å². The molecule has 3 rings (SSSR count). The van der Waals surface area contributed by atoms with Gasteiger partial charge < -0.3 is 0 Å². The van der Waals surface area contributed by atoms with E-state index in [-0.39, 0.29) is 0 Å². The van der Waals surface area contributed by atoms with Gasteiger partial charge in [-0.2, -0.15) is 0 Å². The number of allylic oxidation sites excluding steroid dienone is 10. The summed E-state index contributed by atoms with van der Waals surface area (Å²) in [6.45, 7) is 8.27. The van der Waals surface area contributed by atoms with Crippen molar-refractivity contribution < 1.29 is 0 Å². The number of hydrogen-bond acceptors (Lipinski definition) is 0. The number of fused-ring (bicyclic) bond motifs is 2. The Labute approximate surface area is 97.1 Å². The third-order valence-corrected chi connectivity index (χ3v) is 3.62. The lowest BCUT2D eigenvalue weighted by Crippen LogP contribution is -2.06. The second-order valence-corrected chi connectivity index (χ2v) is 4.87. The topological polar surface area (TPSA) is 0 Å². The molecule has 80 valence electrons. The van der Waals surface area contributed by atoms with E-state index in [0.717, 1.165) is 12.0 Å². The van der Waals surface area contributed by atoms with Gasteiger partial charge in [-0.1, -0.05) is 43.5 Å². The van der Waals surface area contributed by atoms with Crippen molar-refractivity contribution in [2.24, 2.45) is 5.92 Å². The highest BCUT2D eigenvalue weighted by Crippen LogP contribution is 2.36. The maximum absolute atomic E-state index is 4.14. The van der Waals surface area contributed by atoms with Crippen molar-refractivity contribution in [3.05, 3.63) is 71.4 Å². The monoisotopic (exact) mass is 208 g/mol. The van der Waals surface area contributed by atoms with Crippen LogP contribution in [-0.4, -0.2) is 0 Å². The minimum absolute atomic E-state index is 0.505. The van der Waals surface area contributed by atoms with Gasteiger partial charge in [0.2, 0.25) is 0 Å². The molecule has 0 aromatic heterocycles. The molecule has 0 spiro atoms. The SMILES string of the molecule is C=C1CC2C=C(/C=C3C=C(/C=C\2)CC\3)C1=C. The summed E-state index contributed by atoms with van der Waals surface area (Å²) >= 11 is 0. The molecule has 4 bridgehead atoms. The molecule has 0 aliphatic heterocycles. The fourth-order valence-electron chi connectivity index (χ4n) is 2.62. The van der Waals surface area contributed by atoms with Crippen LogP contribution in [0.1, 0.15) is 19.3 Å². The Morgan fingerprint density at radius 2 is 1.88 bits per heavy atom. The van der Waals surface area contributed by atoms with Gasteiger partial charge in [-0.05, 0) is 53.0 Å². The van der Waals surface area contributed by atoms with Crippen molar-refractivity contribution in [2.45, 2.75) is 19.3 Å². The van der Waals surface area contributed by atoms with Crippen molar-refractivity contribution >= 4 is 0 Å². The van der Waals surface area contributed by atoms with E-state index >= 15 is 0 Å². The van der Waals surface area contributed by atoms with Crippen molar-refractivity contribution in [3.8, 4) is 0 Å². The van der Waals surface area contributed by atoms with Crippen LogP contribution in [-0.2, 0) is 0 Å². The van der Waals surface area contributed by atoms with E-state index in [2.05, 4.69) is 43.5 Å². The fourth-order valence-corrected chi connectivity index (χ4v) is 2.62. The zero-order chi connectivity index (χ0) is 11.1. The number of rotatable bonds is 0. The third kappa shape index (κ3) is 1.55. The van der Waals surface area contributed by atoms with E-state index < -0.39 is 0 Å². The van der Waals surface area contributed by atoms with Gasteiger partial charge in [0, 0.05) is 0 Å². The Kier molecular flexibility index (Phi) is 2.10. The summed E-state index contributed by atoms with van der Waals surface area (Å²) in [6, 6.07) is 0. The fraction of sp³-hybridized carbons (Fsp3) is 0.250. The predicted octanol–water partition coefficient (Wildman–Crippen LogP) is 4.26. The van der Waals surface area contributed by atoms with Gasteiger partial charge in [-0.25, -0.2) is 0 Å². The predicted molar refractivity (Wildman–Crippen MR) is 69.0 cm³/mol. The van der Waals surface area contributed by atoms with E-state index in [1.165, 1.54) is 35.1 Å². The Hall–Kier alpha value is -1.56. The van der Waals surface area contributed by atoms with Gasteiger partial charge >= 0.3 is 0 Å². The van der Waals surface area contributed by atoms with Gasteiger partial charge in [0.25, 0.3) is 0 Å². The van der Waals surface area contributed by atoms with Crippen LogP contribution in [0.4, 0.5) is 0 Å². The Bertz CT molecular complexity index is 492. The average Bonchev–Trinajstić information content (AvgIpc) is 2.72. The molecule has 0 aromatic carbocycles. The van der Waals surface area contributed by atoms with Crippen molar-refractivity contribution in [1.82, 2.24) is 0 Å². The lowest BCUT2D eigenvalue weighted by Gasteiger charge is -2.22. The normalized spacial score (nSPS) is 33.0. The van der Waals surface area contributed by atoms with E-state index in [9.17, 15) is 0 Å². The molecule has 1 atom stereocenters. The summed E-state index contributed by atoms with van der Waals surface area (Å²) in [7, 11) is 0. The van der Waals surface area contributed by atoms with E-state index in [0.29, 0.717) is 5.92 Å². The molecule has 0 heterocycles. The van der Waals surface area contributed by atoms with Crippen LogP contribution in [0.15, 0.2) is 71.4 Å². The molecule has 0 nitrogen and oxygen atoms in total. The zero-order valence-electron chi connectivity index (χ0n) is 9.50. The molecular formula is C16H16. The Morgan fingerprint density at radius 3 is 2.75 bits per heavy atom. The average molecular weight is 208 g/mol. The molecule has 3 aliphatic rings. The van der Waals surface area contributed by atoms with Crippen LogP contribution in [0, 0.1) is 5.92 Å². The lowest BCUT2D eigenvalue weighted by atomic mass is 9.83. The largest absolute Gasteiger partial charge is 0.0952 e. The lowest BCUT2D eigenvalue weighted by molar-refractivity contribution is 0.778. The second-order valence-electron chi connectivity index (χ2n) is 4.87. The highest BCUT2D eigenvalue weighted by molar-refractivity contribution is 5.56. The zero-order valence-corrected chi connectivity index (χ0v) is 9.50. The van der Waals surface area contributed by atoms with Gasteiger partial charge in [0.15, 0.2) is 0 Å². The third-order valence-electron chi connectivity index (χ3n) is 3.62. The summed E-state index contributed by atoms with van der Waals surface area (Å²) < 4.78 is 0. The first-order valence-corrected chi connectivity index (χ1v) is 5.91. The van der Waals surface area contributed by atoms with Gasteiger partial charge in [-0.3, -0.25) is 0 Å². The van der Waals surface area contributed by atoms with Gasteiger partial charge in [0.1, 0.15) is 0 Å². The van der Waals surface area contributed by atoms with E-state index in [1.807, 2.05) is 0 Å². The first-order valence-electron chi connectivity index (χ1n) is 5.91. The van der Waals surface area contributed by atoms with Crippen LogP contribution >= 0.6 is 0 Å². The summed E-state index contributed by atoms with van der Waals surface area (Å²) in [5.41, 5.74) is 6.49. The molecule has 0 radical (unpaired) electrons. The highest BCUT2D eigenvalue weighted by Gasteiger charge is 2.19. The molecule has 0 fully saturated rings. The van der Waals surface area contributed by atoms with Crippen molar-refractivity contribution in [3.63, 3.8) is 0 Å². The Morgan fingerprint density at radius 1 is 1.06 bits per heavy atom. The van der Waals surface area contributed by atoms with Crippen LogP contribution in [0.3, 0.4) is 0 Å². The standard InChI is InChI=1S/C16H16/c1-11-7-14-5-3-13-4-6-15(8-13)10-16(9-14)12(11)2/h3,5,8-10,14H,1-2,4,6-7H2/b5-3-,15-10-. The molecule has 0 heteroatoms. The molecular weight excluding hydrogens is 192 g/mol. The molecule has 0 aromatic rings. The van der Waals surface area contributed by atoms with Crippen LogP contribution in [0.25, 0.3) is 0 Å². The maximum Gasteiger partial charge on any atom is -0.0000642 e. The first kappa shape index (κ1) is 9.65. The van der Waals surface area contributed by atoms with E-state index in [4.69, 9.17) is 0 Å². The molecule has 0 saturated heterocycles. The second kappa shape index (κ2) is 3.48. The number of hydrogen-bond donors (Lipinski definition) is 0. The summed E-state index contributed by atoms with van der Waals surface area (Å²) in [4.78, 5) is 0. The minimum Gasteiger partial charge on any atom is -0.0952 e. The molecule has 0 amide bonds. The highest BCUT2D eigenvalue weighted by atomic mass is 14.2. The van der Waals surface area contributed by atoms with Crippen LogP contribution in [0.5, 0.6) is 0 Å².